The molecule has 1 N–H and O–H groups in total. The highest BCUT2D eigenvalue weighted by Gasteiger charge is 2.16. The molecule has 10 heteroatoms. The molecule has 0 saturated carbocycles. The van der Waals surface area contributed by atoms with Gasteiger partial charge in [-0.25, -0.2) is 9.78 Å². The lowest BCUT2D eigenvalue weighted by Gasteiger charge is -2.14. The van der Waals surface area contributed by atoms with E-state index < -0.39 is 5.97 Å². The molecule has 0 aliphatic heterocycles. The lowest BCUT2D eigenvalue weighted by molar-refractivity contribution is -0.140. The molecule has 0 aliphatic rings. The molecule has 0 saturated heterocycles. The predicted octanol–water partition coefficient (Wildman–Crippen LogP) is 2.59. The van der Waals surface area contributed by atoms with Crippen molar-refractivity contribution >= 4 is 40.5 Å². The molecule has 0 radical (unpaired) electrons. The third kappa shape index (κ3) is 7.16. The summed E-state index contributed by atoms with van der Waals surface area (Å²) in [6.45, 7) is 0.719. The average molecular weight is 498 g/mol. The van der Waals surface area contributed by atoms with E-state index in [0.29, 0.717) is 42.0 Å². The summed E-state index contributed by atoms with van der Waals surface area (Å²) in [6.07, 6.45) is 1.30. The van der Waals surface area contributed by atoms with Gasteiger partial charge in [0.1, 0.15) is 0 Å². The number of nitrogens with one attached hydrogen (secondary N) is 1. The summed E-state index contributed by atoms with van der Waals surface area (Å²) in [4.78, 5) is 53.4. The number of ether oxygens (including phenoxy) is 2. The Morgan fingerprint density at radius 3 is 2.54 bits per heavy atom. The van der Waals surface area contributed by atoms with Crippen molar-refractivity contribution in [2.75, 3.05) is 26.5 Å². The summed E-state index contributed by atoms with van der Waals surface area (Å²) >= 11 is 1.14. The summed E-state index contributed by atoms with van der Waals surface area (Å²) < 4.78 is 10.9. The number of carbonyl (C=O) groups is 3. The molecule has 3 aromatic rings. The first-order valence-electron chi connectivity index (χ1n) is 11.1. The fraction of sp³-hybridized carbons (Fsp3) is 0.320. The van der Waals surface area contributed by atoms with Crippen LogP contribution in [-0.2, 0) is 32.0 Å². The van der Waals surface area contributed by atoms with E-state index in [1.165, 1.54) is 26.4 Å². The Kier molecular flexibility index (Phi) is 9.42. The Morgan fingerprint density at radius 2 is 1.83 bits per heavy atom. The molecule has 0 spiro atoms. The molecule has 2 aromatic carbocycles. The number of rotatable bonds is 11. The van der Waals surface area contributed by atoms with Crippen LogP contribution >= 0.6 is 11.8 Å². The van der Waals surface area contributed by atoms with Crippen LogP contribution in [0.25, 0.3) is 10.9 Å². The number of benzene rings is 2. The third-order valence-corrected chi connectivity index (χ3v) is 6.22. The maximum atomic E-state index is 13.3. The van der Waals surface area contributed by atoms with E-state index in [1.807, 2.05) is 30.3 Å². The molecule has 1 aromatic heterocycles. The molecule has 1 heterocycles. The van der Waals surface area contributed by atoms with Gasteiger partial charge in [0, 0.05) is 19.5 Å². The molecule has 0 fully saturated rings. The number of thioether (sulfide) groups is 1. The normalized spacial score (nSPS) is 10.7. The molecule has 0 bridgehead atoms. The summed E-state index contributed by atoms with van der Waals surface area (Å²) in [6, 6.07) is 14.4. The van der Waals surface area contributed by atoms with Gasteiger partial charge in [-0.3, -0.25) is 19.0 Å². The zero-order valence-electron chi connectivity index (χ0n) is 19.6. The Balaban J connectivity index is 1.81. The highest BCUT2D eigenvalue weighted by molar-refractivity contribution is 7.99. The monoisotopic (exact) mass is 497 g/mol. The van der Waals surface area contributed by atoms with Gasteiger partial charge in [-0.1, -0.05) is 42.1 Å². The van der Waals surface area contributed by atoms with Gasteiger partial charge >= 0.3 is 11.9 Å². The van der Waals surface area contributed by atoms with Gasteiger partial charge in [-0.15, -0.1) is 0 Å². The maximum Gasteiger partial charge on any atom is 0.337 e. The highest BCUT2D eigenvalue weighted by Crippen LogP contribution is 2.20. The number of esters is 2. The second-order valence-corrected chi connectivity index (χ2v) is 8.57. The van der Waals surface area contributed by atoms with Gasteiger partial charge in [-0.2, -0.15) is 0 Å². The van der Waals surface area contributed by atoms with Gasteiger partial charge in [0.25, 0.3) is 5.56 Å². The Bertz CT molecular complexity index is 1260. The zero-order chi connectivity index (χ0) is 25.2. The number of methoxy groups -OCH3 is 2. The van der Waals surface area contributed by atoms with Crippen molar-refractivity contribution in [3.63, 3.8) is 0 Å². The molecule has 1 amide bonds. The van der Waals surface area contributed by atoms with Gasteiger partial charge in [0.05, 0.1) is 36.4 Å². The van der Waals surface area contributed by atoms with Crippen LogP contribution in [0.3, 0.4) is 0 Å². The lowest BCUT2D eigenvalue weighted by atomic mass is 10.1. The van der Waals surface area contributed by atoms with Gasteiger partial charge in [-0.05, 0) is 36.6 Å². The molecular formula is C25H27N3O6S. The van der Waals surface area contributed by atoms with Gasteiger partial charge in [0.2, 0.25) is 5.91 Å². The first kappa shape index (κ1) is 26.0. The van der Waals surface area contributed by atoms with Crippen LogP contribution in [0, 0.1) is 0 Å². The standard InChI is InChI=1S/C25H27N3O6S/c1-33-22(30)9-6-13-26-21(29)16-35-25-27-20-15-18(24(32)34-2)10-11-19(20)23(31)28(25)14-12-17-7-4-3-5-8-17/h3-5,7-8,10-11,15H,6,9,12-14,16H2,1-2H3,(H,26,29). The summed E-state index contributed by atoms with van der Waals surface area (Å²) in [5.74, 6) is -1.06. The van der Waals surface area contributed by atoms with Crippen LogP contribution < -0.4 is 10.9 Å². The molecule has 35 heavy (non-hydrogen) atoms. The number of aromatic nitrogens is 2. The van der Waals surface area contributed by atoms with Crippen molar-refractivity contribution in [2.45, 2.75) is 31.0 Å². The number of aryl methyl sites for hydroxylation is 1. The largest absolute Gasteiger partial charge is 0.469 e. The second kappa shape index (κ2) is 12.7. The minimum absolute atomic E-state index is 0.0399. The third-order valence-electron chi connectivity index (χ3n) is 5.25. The van der Waals surface area contributed by atoms with Crippen LogP contribution in [0.15, 0.2) is 58.5 Å². The van der Waals surface area contributed by atoms with Gasteiger partial charge < -0.3 is 14.8 Å². The van der Waals surface area contributed by atoms with E-state index in [1.54, 1.807) is 10.6 Å². The molecule has 3 rings (SSSR count). The first-order chi connectivity index (χ1) is 16.9. The van der Waals surface area contributed by atoms with E-state index in [4.69, 9.17) is 4.74 Å². The number of hydrogen-bond donors (Lipinski definition) is 1. The summed E-state index contributed by atoms with van der Waals surface area (Å²) in [7, 11) is 2.60. The smallest absolute Gasteiger partial charge is 0.337 e. The van der Waals surface area contributed by atoms with Crippen LogP contribution in [0.1, 0.15) is 28.8 Å². The Morgan fingerprint density at radius 1 is 1.06 bits per heavy atom. The van der Waals surface area contributed by atoms with E-state index in [9.17, 15) is 19.2 Å². The fourth-order valence-corrected chi connectivity index (χ4v) is 4.24. The lowest BCUT2D eigenvalue weighted by Crippen LogP contribution is -2.28. The predicted molar refractivity (Wildman–Crippen MR) is 132 cm³/mol. The number of amides is 1. The molecule has 0 unspecified atom stereocenters. The molecule has 0 aliphatic carbocycles. The number of hydrogen-bond acceptors (Lipinski definition) is 8. The minimum atomic E-state index is -0.525. The van der Waals surface area contributed by atoms with E-state index in [-0.39, 0.29) is 35.2 Å². The van der Waals surface area contributed by atoms with E-state index >= 15 is 0 Å². The van der Waals surface area contributed by atoms with E-state index in [0.717, 1.165) is 17.3 Å². The quantitative estimate of drug-likeness (QED) is 0.186. The SMILES string of the molecule is COC(=O)CCCNC(=O)CSc1nc2cc(C(=O)OC)ccc2c(=O)n1CCc1ccccc1. The molecule has 184 valence electrons. The Labute approximate surface area is 206 Å². The van der Waals surface area contributed by atoms with Crippen LogP contribution in [0.4, 0.5) is 0 Å². The van der Waals surface area contributed by atoms with Crippen molar-refractivity contribution in [2.24, 2.45) is 0 Å². The van der Waals surface area contributed by atoms with Gasteiger partial charge in [0.15, 0.2) is 5.16 Å². The number of fused-ring (bicyclic) bond motifs is 1. The Hall–Kier alpha value is -3.66. The summed E-state index contributed by atoms with van der Waals surface area (Å²) in [5.41, 5.74) is 1.46. The topological polar surface area (TPSA) is 117 Å². The first-order valence-corrected chi connectivity index (χ1v) is 12.0. The van der Waals surface area contributed by atoms with E-state index in [2.05, 4.69) is 15.0 Å². The maximum absolute atomic E-state index is 13.3. The summed E-state index contributed by atoms with van der Waals surface area (Å²) in [5, 5.41) is 3.51. The van der Waals surface area contributed by atoms with Crippen molar-refractivity contribution in [1.29, 1.82) is 0 Å². The minimum Gasteiger partial charge on any atom is -0.469 e. The van der Waals surface area contributed by atoms with Crippen molar-refractivity contribution < 1.29 is 23.9 Å². The highest BCUT2D eigenvalue weighted by atomic mass is 32.2. The molecular weight excluding hydrogens is 470 g/mol. The van der Waals surface area contributed by atoms with Crippen molar-refractivity contribution in [3.8, 4) is 0 Å². The number of nitrogens with zero attached hydrogens (tertiary/aromatic N) is 2. The fourth-order valence-electron chi connectivity index (χ4n) is 3.38. The second-order valence-electron chi connectivity index (χ2n) is 7.63. The van der Waals surface area contributed by atoms with Crippen LogP contribution in [0.5, 0.6) is 0 Å². The van der Waals surface area contributed by atoms with Crippen molar-refractivity contribution in [3.05, 3.63) is 70.0 Å². The molecule has 0 atom stereocenters. The number of carbonyl (C=O) groups excluding carboxylic acids is 3. The van der Waals surface area contributed by atoms with Crippen LogP contribution in [-0.4, -0.2) is 53.9 Å². The average Bonchev–Trinajstić information content (AvgIpc) is 2.89. The molecule has 9 nitrogen and oxygen atoms in total. The van der Waals surface area contributed by atoms with Crippen molar-refractivity contribution in [1.82, 2.24) is 14.9 Å². The zero-order valence-corrected chi connectivity index (χ0v) is 20.4. The van der Waals surface area contributed by atoms with Crippen LogP contribution in [0.2, 0.25) is 0 Å².